The van der Waals surface area contributed by atoms with E-state index in [1.54, 1.807) is 0 Å². The fraction of sp³-hybridized carbons (Fsp3) is 0.882. The average molecular weight is 326 g/mol. The van der Waals surface area contributed by atoms with Gasteiger partial charge in [0.25, 0.3) is 0 Å². The monoisotopic (exact) mass is 326 g/mol. The van der Waals surface area contributed by atoms with Gasteiger partial charge in [0, 0.05) is 12.1 Å². The largest absolute Gasteiger partial charge is 0.480 e. The molecule has 2 rings (SSSR count). The van der Waals surface area contributed by atoms with E-state index in [4.69, 9.17) is 9.84 Å². The van der Waals surface area contributed by atoms with Gasteiger partial charge < -0.3 is 15.2 Å². The second kappa shape index (κ2) is 8.64. The number of ether oxygens (including phenoxy) is 1. The van der Waals surface area contributed by atoms with E-state index in [0.29, 0.717) is 5.92 Å². The highest BCUT2D eigenvalue weighted by Gasteiger charge is 2.34. The van der Waals surface area contributed by atoms with Gasteiger partial charge >= 0.3 is 5.97 Å². The number of carboxylic acid groups (broad SMARTS) is 1. The van der Waals surface area contributed by atoms with Crippen LogP contribution in [0.5, 0.6) is 0 Å². The van der Waals surface area contributed by atoms with E-state index in [-0.39, 0.29) is 37.2 Å². The maximum Gasteiger partial charge on any atom is 0.317 e. The third kappa shape index (κ3) is 5.77. The molecule has 6 nitrogen and oxygen atoms in total. The Bertz CT molecular complexity index is 409. The van der Waals surface area contributed by atoms with Crippen molar-refractivity contribution < 1.29 is 19.4 Å². The molecule has 0 saturated heterocycles. The highest BCUT2D eigenvalue weighted by atomic mass is 16.5. The molecule has 0 heterocycles. The van der Waals surface area contributed by atoms with E-state index in [9.17, 15) is 9.59 Å². The number of hydrogen-bond donors (Lipinski definition) is 2. The third-order valence-electron chi connectivity index (χ3n) is 5.08. The first kappa shape index (κ1) is 18.2. The Kier molecular flexibility index (Phi) is 6.84. The topological polar surface area (TPSA) is 78.9 Å². The summed E-state index contributed by atoms with van der Waals surface area (Å²) in [4.78, 5) is 24.7. The minimum Gasteiger partial charge on any atom is -0.480 e. The molecule has 2 atom stereocenters. The molecule has 2 saturated carbocycles. The predicted molar refractivity (Wildman–Crippen MR) is 87.2 cm³/mol. The van der Waals surface area contributed by atoms with E-state index in [1.807, 2.05) is 11.8 Å². The Morgan fingerprint density at radius 2 is 2.00 bits per heavy atom. The number of amides is 1. The van der Waals surface area contributed by atoms with Crippen molar-refractivity contribution in [1.29, 1.82) is 0 Å². The van der Waals surface area contributed by atoms with Gasteiger partial charge in [0.05, 0.1) is 12.6 Å². The summed E-state index contributed by atoms with van der Waals surface area (Å²) < 4.78 is 5.73. The number of carboxylic acids is 1. The van der Waals surface area contributed by atoms with Crippen LogP contribution < -0.4 is 5.32 Å². The molecule has 6 heteroatoms. The Balaban J connectivity index is 1.61. The lowest BCUT2D eigenvalue weighted by molar-refractivity contribution is -0.140. The Hall–Kier alpha value is -1.14. The number of rotatable bonds is 8. The summed E-state index contributed by atoms with van der Waals surface area (Å²) in [7, 11) is 0. The molecule has 0 aromatic rings. The number of hydrogen-bond acceptors (Lipinski definition) is 4. The minimum absolute atomic E-state index is 0.0482. The first-order valence-electron chi connectivity index (χ1n) is 8.84. The van der Waals surface area contributed by atoms with Crippen molar-refractivity contribution in [1.82, 2.24) is 10.2 Å². The molecule has 1 amide bonds. The lowest BCUT2D eigenvalue weighted by Crippen LogP contribution is -2.55. The first-order valence-corrected chi connectivity index (χ1v) is 8.84. The van der Waals surface area contributed by atoms with Crippen LogP contribution in [-0.2, 0) is 14.3 Å². The Morgan fingerprint density at radius 1 is 1.26 bits per heavy atom. The van der Waals surface area contributed by atoms with Crippen molar-refractivity contribution in [2.75, 3.05) is 19.7 Å². The number of carbonyl (C=O) groups excluding carboxylic acids is 1. The van der Waals surface area contributed by atoms with Gasteiger partial charge in [0.15, 0.2) is 0 Å². The van der Waals surface area contributed by atoms with Gasteiger partial charge in [0.1, 0.15) is 6.61 Å². The van der Waals surface area contributed by atoms with Gasteiger partial charge in [-0.1, -0.05) is 26.7 Å². The summed E-state index contributed by atoms with van der Waals surface area (Å²) in [6, 6.07) is 0.422. The second-order valence-electron chi connectivity index (χ2n) is 7.05. The van der Waals surface area contributed by atoms with Crippen LogP contribution in [0.25, 0.3) is 0 Å². The maximum atomic E-state index is 12.0. The Labute approximate surface area is 138 Å². The zero-order chi connectivity index (χ0) is 16.8. The summed E-state index contributed by atoms with van der Waals surface area (Å²) >= 11 is 0. The third-order valence-corrected chi connectivity index (χ3v) is 5.08. The van der Waals surface area contributed by atoms with E-state index >= 15 is 0 Å². The van der Waals surface area contributed by atoms with Gasteiger partial charge in [-0.25, -0.2) is 0 Å². The number of likely N-dealkylation sites (N-methyl/N-ethyl adjacent to an activating group) is 1. The molecular formula is C17H30N2O4. The van der Waals surface area contributed by atoms with E-state index in [0.717, 1.165) is 32.2 Å². The van der Waals surface area contributed by atoms with Crippen molar-refractivity contribution in [3.8, 4) is 0 Å². The van der Waals surface area contributed by atoms with Crippen LogP contribution in [0.2, 0.25) is 0 Å². The molecular weight excluding hydrogens is 296 g/mol. The lowest BCUT2D eigenvalue weighted by atomic mass is 9.85. The zero-order valence-electron chi connectivity index (χ0n) is 14.3. The molecule has 0 radical (unpaired) electrons. The van der Waals surface area contributed by atoms with Gasteiger partial charge in [0.2, 0.25) is 5.91 Å². The fourth-order valence-corrected chi connectivity index (χ4v) is 3.67. The SMILES string of the molecule is CCN(CC(=O)O)C1CC(NC(=O)CO[C@@H]2CCC[C@@H](C)C2)C1. The van der Waals surface area contributed by atoms with Crippen molar-refractivity contribution in [2.24, 2.45) is 5.92 Å². The van der Waals surface area contributed by atoms with Crippen LogP contribution in [0.15, 0.2) is 0 Å². The van der Waals surface area contributed by atoms with Crippen molar-refractivity contribution >= 4 is 11.9 Å². The number of carbonyl (C=O) groups is 2. The lowest BCUT2D eigenvalue weighted by Gasteiger charge is -2.42. The quantitative estimate of drug-likeness (QED) is 0.709. The molecule has 0 spiro atoms. The number of nitrogens with one attached hydrogen (secondary N) is 1. The predicted octanol–water partition coefficient (Wildman–Crippen LogP) is 1.64. The maximum absolute atomic E-state index is 12.0. The fourth-order valence-electron chi connectivity index (χ4n) is 3.67. The summed E-state index contributed by atoms with van der Waals surface area (Å²) in [5.74, 6) is -0.152. The van der Waals surface area contributed by atoms with Crippen molar-refractivity contribution in [2.45, 2.75) is 70.6 Å². The van der Waals surface area contributed by atoms with Gasteiger partial charge in [-0.2, -0.15) is 0 Å². The molecule has 2 N–H and O–H groups in total. The highest BCUT2D eigenvalue weighted by molar-refractivity contribution is 5.77. The normalized spacial score (nSPS) is 30.7. The molecule has 0 unspecified atom stereocenters. The van der Waals surface area contributed by atoms with Crippen molar-refractivity contribution in [3.05, 3.63) is 0 Å². The summed E-state index contributed by atoms with van der Waals surface area (Å²) in [5.41, 5.74) is 0. The van der Waals surface area contributed by atoms with Gasteiger partial charge in [-0.15, -0.1) is 0 Å². The van der Waals surface area contributed by atoms with Crippen LogP contribution in [0.4, 0.5) is 0 Å². The molecule has 0 aromatic heterocycles. The molecule has 0 aromatic carbocycles. The summed E-state index contributed by atoms with van der Waals surface area (Å²) in [6.45, 7) is 5.14. The highest BCUT2D eigenvalue weighted by Crippen LogP contribution is 2.27. The second-order valence-corrected chi connectivity index (χ2v) is 7.05. The summed E-state index contributed by atoms with van der Waals surface area (Å²) in [6.07, 6.45) is 6.45. The van der Waals surface area contributed by atoms with Crippen molar-refractivity contribution in [3.63, 3.8) is 0 Å². The standard InChI is InChI=1S/C17H30N2O4/c1-3-19(10-17(21)22)14-8-13(9-14)18-16(20)11-23-15-6-4-5-12(2)7-15/h12-15H,3-11H2,1-2H3,(H,18,20)(H,21,22)/t12-,13?,14?,15-/m1/s1. The molecule has 132 valence electrons. The first-order chi connectivity index (χ1) is 11.0. The van der Waals surface area contributed by atoms with E-state index in [2.05, 4.69) is 12.2 Å². The van der Waals surface area contributed by atoms with Crippen LogP contribution in [-0.4, -0.2) is 59.8 Å². The van der Waals surface area contributed by atoms with Crippen LogP contribution >= 0.6 is 0 Å². The Morgan fingerprint density at radius 3 is 2.61 bits per heavy atom. The molecule has 2 fully saturated rings. The average Bonchev–Trinajstić information content (AvgIpc) is 2.46. The smallest absolute Gasteiger partial charge is 0.317 e. The number of aliphatic carboxylic acids is 1. The van der Waals surface area contributed by atoms with Gasteiger partial charge in [-0.3, -0.25) is 14.5 Å². The summed E-state index contributed by atoms with van der Waals surface area (Å²) in [5, 5.41) is 11.9. The molecule has 2 aliphatic carbocycles. The van der Waals surface area contributed by atoms with Gasteiger partial charge in [-0.05, 0) is 38.1 Å². The molecule has 23 heavy (non-hydrogen) atoms. The van der Waals surface area contributed by atoms with E-state index in [1.165, 1.54) is 12.8 Å². The molecule has 2 aliphatic rings. The van der Waals surface area contributed by atoms with Crippen LogP contribution in [0.3, 0.4) is 0 Å². The van der Waals surface area contributed by atoms with Crippen LogP contribution in [0, 0.1) is 5.92 Å². The zero-order valence-corrected chi connectivity index (χ0v) is 14.3. The van der Waals surface area contributed by atoms with E-state index < -0.39 is 5.97 Å². The van der Waals surface area contributed by atoms with Crippen LogP contribution in [0.1, 0.15) is 52.4 Å². The molecule has 0 bridgehead atoms. The minimum atomic E-state index is -0.797. The molecule has 0 aliphatic heterocycles. The number of nitrogens with zero attached hydrogens (tertiary/aromatic N) is 1.